The third-order valence-corrected chi connectivity index (χ3v) is 6.55. The van der Waals surface area contributed by atoms with E-state index in [9.17, 15) is 40.7 Å². The van der Waals surface area contributed by atoms with E-state index in [4.69, 9.17) is 9.15 Å². The van der Waals surface area contributed by atoms with Crippen molar-refractivity contribution < 1.29 is 45.1 Å². The van der Waals surface area contributed by atoms with E-state index in [0.29, 0.717) is 17.4 Å². The SMILES string of the molecule is CCCc1c(OCCCCN2C(=O)NC(c3ccccc3)(C(F)(F)F)C2=O)ccc2c(C(F)(F)F)cc(=O)oc12. The Hall–Kier alpha value is -4.03. The van der Waals surface area contributed by atoms with Crippen LogP contribution in [0.2, 0.25) is 0 Å². The first-order valence-corrected chi connectivity index (χ1v) is 12.4. The minimum atomic E-state index is -5.09. The van der Waals surface area contributed by atoms with E-state index in [1.165, 1.54) is 24.3 Å². The highest BCUT2D eigenvalue weighted by molar-refractivity contribution is 6.08. The monoisotopic (exact) mass is 570 g/mol. The van der Waals surface area contributed by atoms with Crippen molar-refractivity contribution >= 4 is 22.9 Å². The molecule has 3 amide bonds. The van der Waals surface area contributed by atoms with Crippen molar-refractivity contribution in [3.8, 4) is 5.75 Å². The fraction of sp³-hybridized carbons (Fsp3) is 0.370. The first-order valence-electron chi connectivity index (χ1n) is 12.4. The van der Waals surface area contributed by atoms with E-state index in [-0.39, 0.29) is 54.7 Å². The van der Waals surface area contributed by atoms with Gasteiger partial charge in [0.15, 0.2) is 0 Å². The number of hydrogen-bond acceptors (Lipinski definition) is 5. The number of nitrogens with zero attached hydrogens (tertiary/aromatic N) is 1. The molecule has 214 valence electrons. The van der Waals surface area contributed by atoms with E-state index in [1.807, 2.05) is 5.32 Å². The summed E-state index contributed by atoms with van der Waals surface area (Å²) >= 11 is 0. The molecule has 4 rings (SSSR count). The number of imide groups is 1. The van der Waals surface area contributed by atoms with Gasteiger partial charge in [0.1, 0.15) is 11.3 Å². The van der Waals surface area contributed by atoms with Crippen LogP contribution in [-0.4, -0.2) is 36.2 Å². The summed E-state index contributed by atoms with van der Waals surface area (Å²) in [6, 6.07) is 8.05. The molecule has 1 aromatic heterocycles. The number of alkyl halides is 6. The van der Waals surface area contributed by atoms with Gasteiger partial charge in [-0.15, -0.1) is 0 Å². The Morgan fingerprint density at radius 1 is 0.975 bits per heavy atom. The molecule has 1 atom stereocenters. The van der Waals surface area contributed by atoms with Crippen molar-refractivity contribution in [2.24, 2.45) is 0 Å². The summed E-state index contributed by atoms with van der Waals surface area (Å²) in [5.74, 6) is -1.25. The number of carbonyl (C=O) groups is 2. The molecule has 0 saturated carbocycles. The Morgan fingerprint density at radius 3 is 2.30 bits per heavy atom. The quantitative estimate of drug-likeness (QED) is 0.149. The van der Waals surface area contributed by atoms with Gasteiger partial charge in [-0.3, -0.25) is 9.69 Å². The molecule has 2 aromatic carbocycles. The summed E-state index contributed by atoms with van der Waals surface area (Å²) < 4.78 is 93.5. The highest BCUT2D eigenvalue weighted by Crippen LogP contribution is 2.43. The van der Waals surface area contributed by atoms with E-state index >= 15 is 0 Å². The first-order chi connectivity index (χ1) is 18.8. The number of fused-ring (bicyclic) bond motifs is 1. The van der Waals surface area contributed by atoms with Gasteiger partial charge in [0.2, 0.25) is 5.54 Å². The van der Waals surface area contributed by atoms with Crippen LogP contribution >= 0.6 is 0 Å². The molecule has 2 heterocycles. The zero-order valence-corrected chi connectivity index (χ0v) is 21.1. The predicted octanol–water partition coefficient (Wildman–Crippen LogP) is 5.93. The largest absolute Gasteiger partial charge is 0.493 e. The Labute approximate surface area is 223 Å². The maximum atomic E-state index is 14.1. The van der Waals surface area contributed by atoms with Gasteiger partial charge >= 0.3 is 24.0 Å². The number of aryl methyl sites for hydroxylation is 1. The molecule has 0 radical (unpaired) electrons. The van der Waals surface area contributed by atoms with Gasteiger partial charge in [-0.2, -0.15) is 26.3 Å². The maximum absolute atomic E-state index is 14.1. The van der Waals surface area contributed by atoms with Crippen molar-refractivity contribution in [3.05, 3.63) is 75.6 Å². The number of amides is 3. The Balaban J connectivity index is 1.46. The molecule has 7 nitrogen and oxygen atoms in total. The molecular weight excluding hydrogens is 546 g/mol. The van der Waals surface area contributed by atoms with Gasteiger partial charge in [-0.05, 0) is 37.0 Å². The minimum absolute atomic E-state index is 0.0296. The highest BCUT2D eigenvalue weighted by Gasteiger charge is 2.68. The van der Waals surface area contributed by atoms with Crippen molar-refractivity contribution in [1.82, 2.24) is 10.2 Å². The van der Waals surface area contributed by atoms with Crippen molar-refractivity contribution in [1.29, 1.82) is 0 Å². The second kappa shape index (κ2) is 10.9. The lowest BCUT2D eigenvalue weighted by Crippen LogP contribution is -2.55. The Morgan fingerprint density at radius 2 is 1.68 bits per heavy atom. The van der Waals surface area contributed by atoms with Crippen LogP contribution in [0.5, 0.6) is 5.75 Å². The Bertz CT molecular complexity index is 1470. The van der Waals surface area contributed by atoms with Crippen LogP contribution in [0.3, 0.4) is 0 Å². The number of nitrogens with one attached hydrogen (secondary N) is 1. The van der Waals surface area contributed by atoms with E-state index in [0.717, 1.165) is 18.2 Å². The summed E-state index contributed by atoms with van der Waals surface area (Å²) in [4.78, 5) is 37.7. The molecule has 13 heteroatoms. The Kier molecular flexibility index (Phi) is 7.86. The molecule has 40 heavy (non-hydrogen) atoms. The van der Waals surface area contributed by atoms with Crippen molar-refractivity contribution in [2.45, 2.75) is 50.5 Å². The highest BCUT2D eigenvalue weighted by atomic mass is 19.4. The van der Waals surface area contributed by atoms with Gasteiger partial charge in [0.25, 0.3) is 5.91 Å². The number of ether oxygens (including phenoxy) is 1. The minimum Gasteiger partial charge on any atom is -0.493 e. The number of benzene rings is 2. The molecule has 1 fully saturated rings. The van der Waals surface area contributed by atoms with Crippen LogP contribution < -0.4 is 15.7 Å². The number of rotatable bonds is 9. The average Bonchev–Trinajstić information content (AvgIpc) is 3.15. The number of unbranched alkanes of at least 4 members (excludes halogenated alkanes) is 1. The fourth-order valence-electron chi connectivity index (χ4n) is 4.69. The topological polar surface area (TPSA) is 88.9 Å². The summed E-state index contributed by atoms with van der Waals surface area (Å²) in [5, 5.41) is 1.53. The van der Waals surface area contributed by atoms with Crippen molar-refractivity contribution in [3.63, 3.8) is 0 Å². The lowest BCUT2D eigenvalue weighted by atomic mass is 9.89. The smallest absolute Gasteiger partial charge is 0.425 e. The lowest BCUT2D eigenvalue weighted by molar-refractivity contribution is -0.198. The molecule has 1 aliphatic heterocycles. The van der Waals surface area contributed by atoms with Crippen LogP contribution in [0, 0.1) is 0 Å². The summed E-state index contributed by atoms with van der Waals surface area (Å²) in [6.07, 6.45) is -8.83. The van der Waals surface area contributed by atoms with Crippen LogP contribution in [0.1, 0.15) is 42.9 Å². The second-order valence-electron chi connectivity index (χ2n) is 9.20. The molecule has 1 aliphatic rings. The molecule has 3 aromatic rings. The standard InChI is InChI=1S/C27H24F6N2O5/c1-2-8-18-20(12-11-17-19(26(28,29)30)15-21(36)40-22(17)18)39-14-7-6-13-35-23(37)25(27(31,32)33,34-24(35)38)16-9-4-3-5-10-16/h3-5,9-12,15H,2,6-8,13-14H2,1H3,(H,34,38). The number of urea groups is 1. The normalized spacial score (nSPS) is 17.9. The number of carbonyl (C=O) groups excluding carboxylic acids is 2. The van der Waals surface area contributed by atoms with Gasteiger partial charge in [0, 0.05) is 23.6 Å². The van der Waals surface area contributed by atoms with Gasteiger partial charge in [0.05, 0.1) is 12.2 Å². The second-order valence-corrected chi connectivity index (χ2v) is 9.20. The van der Waals surface area contributed by atoms with E-state index < -0.39 is 46.6 Å². The van der Waals surface area contributed by atoms with Crippen LogP contribution in [-0.2, 0) is 22.9 Å². The molecule has 1 unspecified atom stereocenters. The molecule has 1 saturated heterocycles. The molecular formula is C27H24F6N2O5. The van der Waals surface area contributed by atoms with Crippen LogP contribution in [0.25, 0.3) is 11.0 Å². The number of halogens is 6. The zero-order chi connectivity index (χ0) is 29.3. The summed E-state index contributed by atoms with van der Waals surface area (Å²) in [5.41, 5.74) is -5.85. The van der Waals surface area contributed by atoms with E-state index in [1.54, 1.807) is 6.92 Å². The third kappa shape index (κ3) is 5.24. The molecule has 1 N–H and O–H groups in total. The maximum Gasteiger partial charge on any atom is 0.425 e. The molecule has 0 aliphatic carbocycles. The predicted molar refractivity (Wildman–Crippen MR) is 131 cm³/mol. The molecule has 0 spiro atoms. The van der Waals surface area contributed by atoms with E-state index in [2.05, 4.69) is 0 Å². The van der Waals surface area contributed by atoms with Crippen LogP contribution in [0.4, 0.5) is 31.1 Å². The van der Waals surface area contributed by atoms with Gasteiger partial charge in [-0.25, -0.2) is 9.59 Å². The van der Waals surface area contributed by atoms with Gasteiger partial charge < -0.3 is 14.5 Å². The summed E-state index contributed by atoms with van der Waals surface area (Å²) in [7, 11) is 0. The summed E-state index contributed by atoms with van der Waals surface area (Å²) in [6.45, 7) is 1.43. The third-order valence-electron chi connectivity index (χ3n) is 6.55. The fourth-order valence-corrected chi connectivity index (χ4v) is 4.69. The van der Waals surface area contributed by atoms with Crippen LogP contribution in [0.15, 0.2) is 57.7 Å². The molecule has 0 bridgehead atoms. The van der Waals surface area contributed by atoms with Gasteiger partial charge in [-0.1, -0.05) is 43.7 Å². The average molecular weight is 570 g/mol. The number of hydrogen-bond donors (Lipinski definition) is 1. The van der Waals surface area contributed by atoms with Crippen molar-refractivity contribution in [2.75, 3.05) is 13.2 Å². The first kappa shape index (κ1) is 29.0. The zero-order valence-electron chi connectivity index (χ0n) is 21.1. The lowest BCUT2D eigenvalue weighted by Gasteiger charge is -2.29.